The SMILES string of the molecule is c1ccc(-c2ccccc2-c2c3ccccc3c(-c3ccc(-n4c5ccccc5c5cc(-c6ccc(N(c7ccccc7)c7ccccc7)cc6)ccc54)cc3)c3ccccc23)cc1. The van der Waals surface area contributed by atoms with Gasteiger partial charge in [0.05, 0.1) is 11.0 Å². The number of nitrogens with zero attached hydrogens (tertiary/aromatic N) is 2. The number of hydrogen-bond acceptors (Lipinski definition) is 1. The van der Waals surface area contributed by atoms with Gasteiger partial charge < -0.3 is 9.47 Å². The molecule has 0 saturated heterocycles. The molecule has 2 heteroatoms. The normalized spacial score (nSPS) is 11.4. The first-order valence-electron chi connectivity index (χ1n) is 22.0. The van der Waals surface area contributed by atoms with Crippen LogP contribution < -0.4 is 4.90 Å². The molecule has 0 spiro atoms. The third kappa shape index (κ3) is 6.35. The van der Waals surface area contributed by atoms with E-state index in [1.54, 1.807) is 0 Å². The maximum atomic E-state index is 2.42. The van der Waals surface area contributed by atoms with Crippen molar-refractivity contribution in [1.82, 2.24) is 4.57 Å². The molecule has 0 aliphatic carbocycles. The summed E-state index contributed by atoms with van der Waals surface area (Å²) in [6, 6.07) is 92.5. The monoisotopic (exact) mass is 814 g/mol. The van der Waals surface area contributed by atoms with Crippen LogP contribution in [-0.2, 0) is 0 Å². The van der Waals surface area contributed by atoms with Gasteiger partial charge >= 0.3 is 0 Å². The van der Waals surface area contributed by atoms with E-state index in [1.807, 2.05) is 0 Å². The summed E-state index contributed by atoms with van der Waals surface area (Å²) in [6.45, 7) is 0. The second-order valence-corrected chi connectivity index (χ2v) is 16.4. The predicted molar refractivity (Wildman–Crippen MR) is 272 cm³/mol. The number of rotatable bonds is 8. The van der Waals surface area contributed by atoms with Gasteiger partial charge in [-0.15, -0.1) is 0 Å². The molecule has 64 heavy (non-hydrogen) atoms. The molecule has 0 saturated carbocycles. The average Bonchev–Trinajstić information content (AvgIpc) is 3.70. The maximum absolute atomic E-state index is 2.42. The Bertz CT molecular complexity index is 3530. The minimum atomic E-state index is 1.12. The Balaban J connectivity index is 0.943. The van der Waals surface area contributed by atoms with Crippen LogP contribution in [0.2, 0.25) is 0 Å². The zero-order valence-electron chi connectivity index (χ0n) is 35.1. The van der Waals surface area contributed by atoms with E-state index in [-0.39, 0.29) is 0 Å². The highest BCUT2D eigenvalue weighted by Crippen LogP contribution is 2.46. The summed E-state index contributed by atoms with van der Waals surface area (Å²) in [7, 11) is 0. The first-order chi connectivity index (χ1) is 31.8. The van der Waals surface area contributed by atoms with Gasteiger partial charge in [-0.2, -0.15) is 0 Å². The predicted octanol–water partition coefficient (Wildman–Crippen LogP) is 17.2. The van der Waals surface area contributed by atoms with Crippen molar-refractivity contribution in [3.8, 4) is 50.2 Å². The molecule has 2 nitrogen and oxygen atoms in total. The van der Waals surface area contributed by atoms with Gasteiger partial charge in [0.2, 0.25) is 0 Å². The van der Waals surface area contributed by atoms with Gasteiger partial charge in [-0.05, 0) is 133 Å². The van der Waals surface area contributed by atoms with Crippen LogP contribution in [0.25, 0.3) is 93.5 Å². The second-order valence-electron chi connectivity index (χ2n) is 16.4. The van der Waals surface area contributed by atoms with E-state index in [0.29, 0.717) is 0 Å². The molecule has 12 aromatic rings. The number of benzene rings is 11. The molecule has 0 bridgehead atoms. The standard InChI is InChI=1S/C62H42N2/c1-4-18-44(19-5-1)51-24-10-11-26-53(51)62-56-29-14-12-27-54(56)61(55-28-13-15-30-57(55)62)45-34-39-50(40-35-45)64-59-31-17-16-25-52(59)58-42-46(36-41-60(58)64)43-32-37-49(38-33-43)63(47-20-6-2-7-21-47)48-22-8-3-9-23-48/h1-42H. The highest BCUT2D eigenvalue weighted by atomic mass is 15.1. The largest absolute Gasteiger partial charge is 0.311 e. The van der Waals surface area contributed by atoms with Crippen molar-refractivity contribution in [2.24, 2.45) is 0 Å². The Morgan fingerprint density at radius 2 is 0.688 bits per heavy atom. The molecule has 0 atom stereocenters. The zero-order chi connectivity index (χ0) is 42.4. The van der Waals surface area contributed by atoms with Crippen LogP contribution >= 0.6 is 0 Å². The second kappa shape index (κ2) is 15.8. The average molecular weight is 815 g/mol. The molecule has 0 unspecified atom stereocenters. The molecule has 0 aliphatic heterocycles. The molecule has 0 fully saturated rings. The van der Waals surface area contributed by atoms with E-state index in [9.17, 15) is 0 Å². The van der Waals surface area contributed by atoms with Gasteiger partial charge in [0.25, 0.3) is 0 Å². The van der Waals surface area contributed by atoms with E-state index in [1.165, 1.54) is 87.9 Å². The lowest BCUT2D eigenvalue weighted by Gasteiger charge is -2.25. The minimum Gasteiger partial charge on any atom is -0.311 e. The topological polar surface area (TPSA) is 8.17 Å². The number of fused-ring (bicyclic) bond motifs is 5. The van der Waals surface area contributed by atoms with Gasteiger partial charge in [0.1, 0.15) is 0 Å². The molecular formula is C62H42N2. The quantitative estimate of drug-likeness (QED) is 0.139. The summed E-state index contributed by atoms with van der Waals surface area (Å²) in [5.74, 6) is 0. The summed E-state index contributed by atoms with van der Waals surface area (Å²) in [4.78, 5) is 2.30. The highest BCUT2D eigenvalue weighted by Gasteiger charge is 2.20. The lowest BCUT2D eigenvalue weighted by molar-refractivity contribution is 1.18. The van der Waals surface area contributed by atoms with Crippen molar-refractivity contribution in [2.45, 2.75) is 0 Å². The summed E-state index contributed by atoms with van der Waals surface area (Å²) in [5.41, 5.74) is 16.7. The van der Waals surface area contributed by atoms with Gasteiger partial charge in [0.15, 0.2) is 0 Å². The van der Waals surface area contributed by atoms with Crippen molar-refractivity contribution < 1.29 is 0 Å². The van der Waals surface area contributed by atoms with Crippen LogP contribution in [0, 0.1) is 0 Å². The molecule has 300 valence electrons. The third-order valence-corrected chi connectivity index (χ3v) is 12.8. The smallest absolute Gasteiger partial charge is 0.0541 e. The van der Waals surface area contributed by atoms with Gasteiger partial charge in [0, 0.05) is 33.5 Å². The third-order valence-electron chi connectivity index (χ3n) is 12.8. The van der Waals surface area contributed by atoms with Crippen molar-refractivity contribution >= 4 is 60.4 Å². The van der Waals surface area contributed by atoms with E-state index >= 15 is 0 Å². The molecule has 0 aliphatic rings. The molecule has 1 heterocycles. The highest BCUT2D eigenvalue weighted by molar-refractivity contribution is 6.22. The maximum Gasteiger partial charge on any atom is 0.0541 e. The Morgan fingerprint density at radius 1 is 0.250 bits per heavy atom. The first-order valence-corrected chi connectivity index (χ1v) is 22.0. The summed E-state index contributed by atoms with van der Waals surface area (Å²) in [5, 5.41) is 7.47. The van der Waals surface area contributed by atoms with Crippen molar-refractivity contribution in [2.75, 3.05) is 4.90 Å². The number of anilines is 3. The Morgan fingerprint density at radius 3 is 1.30 bits per heavy atom. The summed E-state index contributed by atoms with van der Waals surface area (Å²) < 4.78 is 2.42. The fourth-order valence-electron chi connectivity index (χ4n) is 9.91. The van der Waals surface area contributed by atoms with E-state index in [0.717, 1.165) is 22.7 Å². The van der Waals surface area contributed by atoms with Crippen molar-refractivity contribution in [3.63, 3.8) is 0 Å². The Hall–Kier alpha value is -8.46. The van der Waals surface area contributed by atoms with Crippen LogP contribution in [0.5, 0.6) is 0 Å². The Kier molecular flexibility index (Phi) is 9.20. The molecule has 12 rings (SSSR count). The molecule has 0 radical (unpaired) electrons. The van der Waals surface area contributed by atoms with Gasteiger partial charge in [-0.1, -0.05) is 188 Å². The van der Waals surface area contributed by atoms with Crippen molar-refractivity contribution in [3.05, 3.63) is 255 Å². The fourth-order valence-corrected chi connectivity index (χ4v) is 9.91. The lowest BCUT2D eigenvalue weighted by Crippen LogP contribution is -2.09. The number of hydrogen-bond donors (Lipinski definition) is 0. The molecular weight excluding hydrogens is 773 g/mol. The zero-order valence-corrected chi connectivity index (χ0v) is 35.1. The van der Waals surface area contributed by atoms with Crippen LogP contribution in [-0.4, -0.2) is 4.57 Å². The van der Waals surface area contributed by atoms with E-state index < -0.39 is 0 Å². The van der Waals surface area contributed by atoms with Gasteiger partial charge in [-0.25, -0.2) is 0 Å². The van der Waals surface area contributed by atoms with Crippen LogP contribution in [0.15, 0.2) is 255 Å². The molecule has 11 aromatic carbocycles. The summed E-state index contributed by atoms with van der Waals surface area (Å²) >= 11 is 0. The number of para-hydroxylation sites is 3. The van der Waals surface area contributed by atoms with Crippen molar-refractivity contribution in [1.29, 1.82) is 0 Å². The first kappa shape index (κ1) is 37.3. The van der Waals surface area contributed by atoms with Crippen LogP contribution in [0.1, 0.15) is 0 Å². The number of aromatic nitrogens is 1. The molecule has 0 N–H and O–H groups in total. The summed E-state index contributed by atoms with van der Waals surface area (Å²) in [6.07, 6.45) is 0. The lowest BCUT2D eigenvalue weighted by atomic mass is 9.84. The molecule has 0 amide bonds. The van der Waals surface area contributed by atoms with E-state index in [4.69, 9.17) is 0 Å². The Labute approximate surface area is 373 Å². The van der Waals surface area contributed by atoms with Gasteiger partial charge in [-0.3, -0.25) is 0 Å². The fraction of sp³-hybridized carbons (Fsp3) is 0. The van der Waals surface area contributed by atoms with Crippen LogP contribution in [0.4, 0.5) is 17.1 Å². The molecule has 1 aromatic heterocycles. The van der Waals surface area contributed by atoms with Crippen LogP contribution in [0.3, 0.4) is 0 Å². The minimum absolute atomic E-state index is 1.12. The van der Waals surface area contributed by atoms with E-state index in [2.05, 4.69) is 264 Å².